The number of ether oxygens (including phenoxy) is 2. The van der Waals surface area contributed by atoms with Gasteiger partial charge in [0.2, 0.25) is 0 Å². The van der Waals surface area contributed by atoms with Gasteiger partial charge < -0.3 is 19.3 Å². The van der Waals surface area contributed by atoms with Crippen LogP contribution in [0.1, 0.15) is 10.4 Å². The van der Waals surface area contributed by atoms with Crippen molar-refractivity contribution >= 4 is 22.5 Å². The lowest BCUT2D eigenvalue weighted by molar-refractivity contribution is 0.0748. The summed E-state index contributed by atoms with van der Waals surface area (Å²) in [7, 11) is 3.26. The third-order valence-electron chi connectivity index (χ3n) is 6.24. The van der Waals surface area contributed by atoms with Crippen molar-refractivity contribution in [2.45, 2.75) is 0 Å². The van der Waals surface area contributed by atoms with Crippen molar-refractivity contribution in [1.29, 1.82) is 0 Å². The number of rotatable bonds is 5. The van der Waals surface area contributed by atoms with Crippen molar-refractivity contribution in [3.05, 3.63) is 78.4 Å². The molecule has 1 fully saturated rings. The van der Waals surface area contributed by atoms with Gasteiger partial charge in [-0.25, -0.2) is 0 Å². The standard InChI is InChI=1S/C27H26N4O3/c1-33-20-10-12-25(34-2)23(18-20)24-11-13-26(29-28-24)30-14-16-31(17-15-30)27(32)22-9-5-7-19-6-3-4-8-21(19)22/h3-13,18H,14-17H2,1-2H3. The maximum Gasteiger partial charge on any atom is 0.254 e. The van der Waals surface area contributed by atoms with E-state index in [0.717, 1.165) is 33.5 Å². The van der Waals surface area contributed by atoms with Crippen molar-refractivity contribution in [3.8, 4) is 22.8 Å². The van der Waals surface area contributed by atoms with Gasteiger partial charge in [-0.15, -0.1) is 10.2 Å². The van der Waals surface area contributed by atoms with Gasteiger partial charge in [0.05, 0.1) is 19.9 Å². The predicted molar refractivity (Wildman–Crippen MR) is 133 cm³/mol. The van der Waals surface area contributed by atoms with Crippen LogP contribution in [0.2, 0.25) is 0 Å². The lowest BCUT2D eigenvalue weighted by Gasteiger charge is -2.35. The molecule has 3 aromatic carbocycles. The highest BCUT2D eigenvalue weighted by atomic mass is 16.5. The molecule has 0 unspecified atom stereocenters. The molecule has 2 heterocycles. The number of aromatic nitrogens is 2. The monoisotopic (exact) mass is 454 g/mol. The van der Waals surface area contributed by atoms with E-state index in [0.29, 0.717) is 37.6 Å². The highest BCUT2D eigenvalue weighted by Gasteiger charge is 2.24. The van der Waals surface area contributed by atoms with E-state index in [1.165, 1.54) is 0 Å². The second-order valence-electron chi connectivity index (χ2n) is 8.15. The molecule has 5 rings (SSSR count). The maximum atomic E-state index is 13.2. The molecular formula is C27H26N4O3. The van der Waals surface area contributed by atoms with Crippen LogP contribution >= 0.6 is 0 Å². The Bertz CT molecular complexity index is 1310. The Morgan fingerprint density at radius 3 is 2.35 bits per heavy atom. The minimum atomic E-state index is 0.0722. The van der Waals surface area contributed by atoms with Gasteiger partial charge >= 0.3 is 0 Å². The Kier molecular flexibility index (Phi) is 5.99. The van der Waals surface area contributed by atoms with E-state index in [-0.39, 0.29) is 5.91 Å². The van der Waals surface area contributed by atoms with Crippen LogP contribution in [0.4, 0.5) is 5.82 Å². The smallest absolute Gasteiger partial charge is 0.254 e. The Labute approximate surface area is 198 Å². The van der Waals surface area contributed by atoms with E-state index in [1.54, 1.807) is 14.2 Å². The Hall–Kier alpha value is -4.13. The summed E-state index contributed by atoms with van der Waals surface area (Å²) in [5.41, 5.74) is 2.29. The molecule has 1 saturated heterocycles. The molecule has 0 spiro atoms. The molecule has 0 radical (unpaired) electrons. The largest absolute Gasteiger partial charge is 0.497 e. The summed E-state index contributed by atoms with van der Waals surface area (Å²) in [5.74, 6) is 2.31. The van der Waals surface area contributed by atoms with Crippen LogP contribution in [0.25, 0.3) is 22.0 Å². The molecule has 1 aliphatic rings. The molecule has 7 heteroatoms. The summed E-state index contributed by atoms with van der Waals surface area (Å²) in [6.07, 6.45) is 0. The molecule has 0 N–H and O–H groups in total. The van der Waals surface area contributed by atoms with Crippen LogP contribution < -0.4 is 14.4 Å². The van der Waals surface area contributed by atoms with E-state index in [9.17, 15) is 4.79 Å². The number of hydrogen-bond acceptors (Lipinski definition) is 6. The third-order valence-corrected chi connectivity index (χ3v) is 6.24. The van der Waals surface area contributed by atoms with Crippen LogP contribution in [0.3, 0.4) is 0 Å². The average Bonchev–Trinajstić information content (AvgIpc) is 2.92. The quantitative estimate of drug-likeness (QED) is 0.449. The summed E-state index contributed by atoms with van der Waals surface area (Å²) in [6, 6.07) is 23.4. The van der Waals surface area contributed by atoms with Crippen LogP contribution in [-0.2, 0) is 0 Å². The fraction of sp³-hybridized carbons (Fsp3) is 0.222. The van der Waals surface area contributed by atoms with Crippen molar-refractivity contribution in [2.24, 2.45) is 0 Å². The van der Waals surface area contributed by atoms with Crippen molar-refractivity contribution in [1.82, 2.24) is 15.1 Å². The number of methoxy groups -OCH3 is 2. The van der Waals surface area contributed by atoms with Gasteiger partial charge in [-0.05, 0) is 47.2 Å². The van der Waals surface area contributed by atoms with Crippen molar-refractivity contribution in [2.75, 3.05) is 45.3 Å². The van der Waals surface area contributed by atoms with Crippen LogP contribution in [0.15, 0.2) is 72.8 Å². The zero-order valence-electron chi connectivity index (χ0n) is 19.3. The topological polar surface area (TPSA) is 67.8 Å². The summed E-state index contributed by atoms with van der Waals surface area (Å²) in [4.78, 5) is 17.3. The van der Waals surface area contributed by atoms with Crippen LogP contribution in [0.5, 0.6) is 11.5 Å². The number of benzene rings is 3. The third kappa shape index (κ3) is 4.12. The van der Waals surface area contributed by atoms with Gasteiger partial charge in [-0.1, -0.05) is 36.4 Å². The second kappa shape index (κ2) is 9.39. The number of piperazine rings is 1. The van der Waals surface area contributed by atoms with Crippen LogP contribution in [0, 0.1) is 0 Å². The van der Waals surface area contributed by atoms with E-state index in [4.69, 9.17) is 9.47 Å². The van der Waals surface area contributed by atoms with Crippen molar-refractivity contribution < 1.29 is 14.3 Å². The summed E-state index contributed by atoms with van der Waals surface area (Å²) in [5, 5.41) is 11.0. The minimum Gasteiger partial charge on any atom is -0.497 e. The van der Waals surface area contributed by atoms with E-state index >= 15 is 0 Å². The number of amides is 1. The fourth-order valence-electron chi connectivity index (χ4n) is 4.37. The minimum absolute atomic E-state index is 0.0722. The van der Waals surface area contributed by atoms with Gasteiger partial charge in [0.25, 0.3) is 5.91 Å². The summed E-state index contributed by atoms with van der Waals surface area (Å²) < 4.78 is 10.8. The molecule has 1 aliphatic heterocycles. The van der Waals surface area contributed by atoms with Gasteiger partial charge in [0.15, 0.2) is 5.82 Å². The Morgan fingerprint density at radius 2 is 1.62 bits per heavy atom. The van der Waals surface area contributed by atoms with E-state index in [2.05, 4.69) is 15.1 Å². The number of fused-ring (bicyclic) bond motifs is 1. The Balaban J connectivity index is 1.29. The first-order chi connectivity index (χ1) is 16.7. The number of carbonyl (C=O) groups excluding carboxylic acids is 1. The fourth-order valence-corrected chi connectivity index (χ4v) is 4.37. The molecule has 1 aromatic heterocycles. The molecule has 0 saturated carbocycles. The highest BCUT2D eigenvalue weighted by molar-refractivity contribution is 6.07. The van der Waals surface area contributed by atoms with Gasteiger partial charge in [0, 0.05) is 37.3 Å². The molecular weight excluding hydrogens is 428 g/mol. The average molecular weight is 455 g/mol. The first-order valence-corrected chi connectivity index (χ1v) is 11.3. The maximum absolute atomic E-state index is 13.2. The Morgan fingerprint density at radius 1 is 0.824 bits per heavy atom. The van der Waals surface area contributed by atoms with E-state index in [1.807, 2.05) is 77.7 Å². The summed E-state index contributed by atoms with van der Waals surface area (Å²) >= 11 is 0. The SMILES string of the molecule is COc1ccc(OC)c(-c2ccc(N3CCN(C(=O)c4cccc5ccccc45)CC3)nn2)c1. The number of hydrogen-bond donors (Lipinski definition) is 0. The second-order valence-corrected chi connectivity index (χ2v) is 8.15. The van der Waals surface area contributed by atoms with Gasteiger partial charge in [-0.3, -0.25) is 4.79 Å². The first-order valence-electron chi connectivity index (χ1n) is 11.3. The van der Waals surface area contributed by atoms with Gasteiger partial charge in [-0.2, -0.15) is 0 Å². The highest BCUT2D eigenvalue weighted by Crippen LogP contribution is 2.32. The molecule has 172 valence electrons. The van der Waals surface area contributed by atoms with Crippen LogP contribution in [-0.4, -0.2) is 61.4 Å². The normalized spacial score (nSPS) is 13.7. The molecule has 4 aromatic rings. The molecule has 34 heavy (non-hydrogen) atoms. The molecule has 7 nitrogen and oxygen atoms in total. The lowest BCUT2D eigenvalue weighted by atomic mass is 10.0. The van der Waals surface area contributed by atoms with Crippen molar-refractivity contribution in [3.63, 3.8) is 0 Å². The zero-order valence-corrected chi connectivity index (χ0v) is 19.3. The molecule has 1 amide bonds. The number of nitrogens with zero attached hydrogens (tertiary/aromatic N) is 4. The molecule has 0 atom stereocenters. The lowest BCUT2D eigenvalue weighted by Crippen LogP contribution is -2.49. The molecule has 0 aliphatic carbocycles. The number of carbonyl (C=O) groups is 1. The predicted octanol–water partition coefficient (Wildman–Crippen LogP) is 4.28. The van der Waals surface area contributed by atoms with Gasteiger partial charge in [0.1, 0.15) is 11.5 Å². The first kappa shape index (κ1) is 21.7. The zero-order chi connectivity index (χ0) is 23.5. The number of anilines is 1. The summed E-state index contributed by atoms with van der Waals surface area (Å²) in [6.45, 7) is 2.67. The molecule has 0 bridgehead atoms. The van der Waals surface area contributed by atoms with E-state index < -0.39 is 0 Å².